The molecule has 0 saturated carbocycles. The summed E-state index contributed by atoms with van der Waals surface area (Å²) in [5.74, 6) is 1.84. The molecule has 0 aromatic carbocycles. The predicted molar refractivity (Wildman–Crippen MR) is 102 cm³/mol. The molecule has 1 saturated heterocycles. The van der Waals surface area contributed by atoms with E-state index in [-0.39, 0.29) is 5.56 Å². The van der Waals surface area contributed by atoms with E-state index in [1.165, 1.54) is 36.9 Å². The fourth-order valence-electron chi connectivity index (χ4n) is 4.08. The monoisotopic (exact) mass is 354 g/mol. The summed E-state index contributed by atoms with van der Waals surface area (Å²) in [6.07, 6.45) is 11.0. The minimum absolute atomic E-state index is 0.163. The lowest BCUT2D eigenvalue weighted by Gasteiger charge is -2.36. The second-order valence-electron chi connectivity index (χ2n) is 7.21. The minimum Gasteiger partial charge on any atom is -0.368 e. The first-order valence-corrected chi connectivity index (χ1v) is 9.70. The highest BCUT2D eigenvalue weighted by atomic mass is 16.1. The molecule has 0 spiro atoms. The summed E-state index contributed by atoms with van der Waals surface area (Å²) in [5.41, 5.74) is 2.35. The zero-order chi connectivity index (χ0) is 17.8. The molecular weight excluding hydrogens is 328 g/mol. The van der Waals surface area contributed by atoms with Gasteiger partial charge in [-0.25, -0.2) is 15.1 Å². The number of aryl methyl sites for hydroxylation is 1. The number of piperidine rings is 1. The van der Waals surface area contributed by atoms with Crippen molar-refractivity contribution in [1.82, 2.24) is 20.2 Å². The third kappa shape index (κ3) is 3.71. The third-order valence-corrected chi connectivity index (χ3v) is 5.47. The highest BCUT2D eigenvalue weighted by Gasteiger charge is 2.24. The molecule has 7 heteroatoms. The normalized spacial score (nSPS) is 20.3. The Morgan fingerprint density at radius 1 is 1.12 bits per heavy atom. The Morgan fingerprint density at radius 2 is 2.04 bits per heavy atom. The van der Waals surface area contributed by atoms with Crippen LogP contribution in [-0.4, -0.2) is 39.3 Å². The van der Waals surface area contributed by atoms with Gasteiger partial charge in [-0.2, -0.15) is 5.10 Å². The molecule has 0 bridgehead atoms. The van der Waals surface area contributed by atoms with Gasteiger partial charge in [0.15, 0.2) is 0 Å². The number of hydrogen-bond donors (Lipinski definition) is 2. The molecular formula is C19H26N6O. The number of H-pyrrole nitrogens is 1. The minimum atomic E-state index is -0.163. The van der Waals surface area contributed by atoms with Gasteiger partial charge in [-0.05, 0) is 51.0 Å². The lowest BCUT2D eigenvalue weighted by atomic mass is 10.0. The van der Waals surface area contributed by atoms with Crippen LogP contribution in [0.15, 0.2) is 23.3 Å². The molecule has 138 valence electrons. The molecule has 26 heavy (non-hydrogen) atoms. The molecule has 2 aromatic heterocycles. The summed E-state index contributed by atoms with van der Waals surface area (Å²) in [6, 6.07) is 3.71. The molecule has 2 aliphatic rings. The lowest BCUT2D eigenvalue weighted by Crippen LogP contribution is -2.44. The number of aromatic nitrogens is 4. The number of fused-ring (bicyclic) bond motifs is 1. The van der Waals surface area contributed by atoms with Gasteiger partial charge >= 0.3 is 0 Å². The average molecular weight is 354 g/mol. The molecule has 1 unspecified atom stereocenters. The number of nitrogens with one attached hydrogen (secondary N) is 2. The Balaban J connectivity index is 1.49. The summed E-state index contributed by atoms with van der Waals surface area (Å²) >= 11 is 0. The number of rotatable bonds is 4. The number of nitrogens with zero attached hydrogens (tertiary/aromatic N) is 4. The number of hydrogen-bond acceptors (Lipinski definition) is 6. The van der Waals surface area contributed by atoms with Crippen LogP contribution in [0, 0.1) is 0 Å². The van der Waals surface area contributed by atoms with E-state index in [1.807, 2.05) is 6.07 Å². The first kappa shape index (κ1) is 17.0. The van der Waals surface area contributed by atoms with Gasteiger partial charge in [-0.1, -0.05) is 6.42 Å². The van der Waals surface area contributed by atoms with Crippen molar-refractivity contribution >= 4 is 11.6 Å². The molecule has 4 rings (SSSR count). The molecule has 1 aliphatic heterocycles. The first-order valence-electron chi connectivity index (χ1n) is 9.70. The van der Waals surface area contributed by atoms with E-state index in [9.17, 15) is 4.79 Å². The SMILES string of the molecule is O=c1ccc(N2CCCCC2CNc2ncnc3c2CCCCC3)n[nH]1. The molecule has 1 atom stereocenters. The Labute approximate surface area is 153 Å². The molecule has 7 nitrogen and oxygen atoms in total. The largest absolute Gasteiger partial charge is 0.368 e. The van der Waals surface area contributed by atoms with Gasteiger partial charge in [-0.3, -0.25) is 4.79 Å². The van der Waals surface area contributed by atoms with Crippen LogP contribution in [-0.2, 0) is 12.8 Å². The Kier molecular flexibility index (Phi) is 5.13. The maximum Gasteiger partial charge on any atom is 0.264 e. The molecule has 2 N–H and O–H groups in total. The van der Waals surface area contributed by atoms with Crippen LogP contribution in [0.2, 0.25) is 0 Å². The van der Waals surface area contributed by atoms with E-state index in [0.29, 0.717) is 6.04 Å². The molecule has 1 aliphatic carbocycles. The van der Waals surface area contributed by atoms with Gasteiger partial charge in [0.2, 0.25) is 0 Å². The van der Waals surface area contributed by atoms with Crippen molar-refractivity contribution in [2.45, 2.75) is 57.4 Å². The average Bonchev–Trinajstić information content (AvgIpc) is 2.93. The van der Waals surface area contributed by atoms with Crippen LogP contribution in [0.4, 0.5) is 11.6 Å². The van der Waals surface area contributed by atoms with Crippen molar-refractivity contribution in [1.29, 1.82) is 0 Å². The zero-order valence-corrected chi connectivity index (χ0v) is 15.1. The fraction of sp³-hybridized carbons (Fsp3) is 0.579. The molecule has 0 amide bonds. The molecule has 2 aromatic rings. The summed E-state index contributed by atoms with van der Waals surface area (Å²) in [5, 5.41) is 10.4. The van der Waals surface area contributed by atoms with Crippen LogP contribution < -0.4 is 15.8 Å². The van der Waals surface area contributed by atoms with Crippen molar-refractivity contribution in [2.75, 3.05) is 23.3 Å². The zero-order valence-electron chi connectivity index (χ0n) is 15.1. The number of aromatic amines is 1. The Hall–Kier alpha value is -2.44. The molecule has 3 heterocycles. The van der Waals surface area contributed by atoms with Crippen LogP contribution in [0.1, 0.15) is 49.8 Å². The second-order valence-corrected chi connectivity index (χ2v) is 7.21. The number of anilines is 2. The third-order valence-electron chi connectivity index (χ3n) is 5.47. The van der Waals surface area contributed by atoms with Crippen LogP contribution in [0.3, 0.4) is 0 Å². The van der Waals surface area contributed by atoms with E-state index in [0.717, 1.165) is 50.4 Å². The summed E-state index contributed by atoms with van der Waals surface area (Å²) in [4.78, 5) is 22.6. The topological polar surface area (TPSA) is 86.8 Å². The predicted octanol–water partition coefficient (Wildman–Crippen LogP) is 2.30. The van der Waals surface area contributed by atoms with Crippen LogP contribution >= 0.6 is 0 Å². The smallest absolute Gasteiger partial charge is 0.264 e. The lowest BCUT2D eigenvalue weighted by molar-refractivity contribution is 0.467. The van der Waals surface area contributed by atoms with E-state index in [2.05, 4.69) is 30.4 Å². The Bertz CT molecular complexity index is 784. The van der Waals surface area contributed by atoms with E-state index < -0.39 is 0 Å². The Morgan fingerprint density at radius 3 is 2.92 bits per heavy atom. The van der Waals surface area contributed by atoms with Crippen LogP contribution in [0.5, 0.6) is 0 Å². The van der Waals surface area contributed by atoms with Crippen molar-refractivity contribution in [3.8, 4) is 0 Å². The van der Waals surface area contributed by atoms with Gasteiger partial charge in [0.1, 0.15) is 18.0 Å². The molecule has 1 fully saturated rings. The highest BCUT2D eigenvalue weighted by molar-refractivity contribution is 5.47. The standard InChI is InChI=1S/C19H26N6O/c26-18-10-9-17(23-24-18)25-11-5-4-6-14(25)12-20-19-15-7-2-1-3-8-16(15)21-13-22-19/h9-10,13-14H,1-8,11-12H2,(H,24,26)(H,20,21,22). The quantitative estimate of drug-likeness (QED) is 0.819. The van der Waals surface area contributed by atoms with Gasteiger partial charge in [0.05, 0.1) is 0 Å². The first-order chi connectivity index (χ1) is 12.8. The van der Waals surface area contributed by atoms with Gasteiger partial charge < -0.3 is 10.2 Å². The summed E-state index contributed by atoms with van der Waals surface area (Å²) in [6.45, 7) is 1.79. The van der Waals surface area contributed by atoms with Crippen molar-refractivity contribution in [3.63, 3.8) is 0 Å². The summed E-state index contributed by atoms with van der Waals surface area (Å²) < 4.78 is 0. The van der Waals surface area contributed by atoms with E-state index in [1.54, 1.807) is 12.4 Å². The maximum absolute atomic E-state index is 11.3. The molecule has 0 radical (unpaired) electrons. The van der Waals surface area contributed by atoms with E-state index >= 15 is 0 Å². The van der Waals surface area contributed by atoms with Crippen LogP contribution in [0.25, 0.3) is 0 Å². The highest BCUT2D eigenvalue weighted by Crippen LogP contribution is 2.26. The van der Waals surface area contributed by atoms with Gasteiger partial charge in [-0.15, -0.1) is 0 Å². The fourth-order valence-corrected chi connectivity index (χ4v) is 4.08. The summed E-state index contributed by atoms with van der Waals surface area (Å²) in [7, 11) is 0. The maximum atomic E-state index is 11.3. The van der Waals surface area contributed by atoms with Crippen molar-refractivity contribution < 1.29 is 0 Å². The van der Waals surface area contributed by atoms with Gasteiger partial charge in [0.25, 0.3) is 5.56 Å². The van der Waals surface area contributed by atoms with Crippen molar-refractivity contribution in [2.24, 2.45) is 0 Å². The van der Waals surface area contributed by atoms with Crippen molar-refractivity contribution in [3.05, 3.63) is 40.1 Å². The second kappa shape index (κ2) is 7.85. The van der Waals surface area contributed by atoms with E-state index in [4.69, 9.17) is 0 Å². The van der Waals surface area contributed by atoms with Gasteiger partial charge in [0, 0.05) is 36.5 Å².